The van der Waals surface area contributed by atoms with Crippen molar-refractivity contribution in [1.29, 1.82) is 0 Å². The lowest BCUT2D eigenvalue weighted by Gasteiger charge is -2.23. The molecule has 1 unspecified atom stereocenters. The van der Waals surface area contributed by atoms with Crippen LogP contribution < -0.4 is 4.90 Å². The Bertz CT molecular complexity index is 560. The third-order valence-electron chi connectivity index (χ3n) is 2.98. The van der Waals surface area contributed by atoms with Gasteiger partial charge in [0, 0.05) is 11.9 Å². The largest absolute Gasteiger partial charge is 0.311 e. The van der Waals surface area contributed by atoms with Gasteiger partial charge in [0.2, 0.25) is 5.91 Å². The number of hydrogen-bond acceptors (Lipinski definition) is 1. The topological polar surface area (TPSA) is 20.3 Å². The number of halogens is 1. The van der Waals surface area contributed by atoms with Gasteiger partial charge in [-0.1, -0.05) is 36.4 Å². The first-order chi connectivity index (χ1) is 8.65. The Morgan fingerprint density at radius 1 is 1.22 bits per heavy atom. The zero-order valence-corrected chi connectivity index (χ0v) is 11.3. The second-order valence-electron chi connectivity index (χ2n) is 4.20. The lowest BCUT2D eigenvalue weighted by Crippen LogP contribution is -2.35. The number of carbonyl (C=O) groups is 1. The molecule has 0 saturated carbocycles. The quantitative estimate of drug-likeness (QED) is 0.769. The molecular weight excluding hydrogens is 246 g/mol. The fourth-order valence-corrected chi connectivity index (χ4v) is 2.22. The molecule has 0 aromatic heterocycles. The Kier molecular flexibility index (Phi) is 3.87. The molecule has 0 aliphatic heterocycles. The third-order valence-corrected chi connectivity index (χ3v) is 3.17. The summed E-state index contributed by atoms with van der Waals surface area (Å²) in [5.41, 5.74) is 0.924. The monoisotopic (exact) mass is 261 g/mol. The van der Waals surface area contributed by atoms with Crippen LogP contribution in [0.2, 0.25) is 0 Å². The SMILES string of the molecule is CCN(C(=O)C(C)Cl)c1cccc2ccccc12. The molecule has 0 fully saturated rings. The van der Waals surface area contributed by atoms with Crippen molar-refractivity contribution in [3.8, 4) is 0 Å². The molecule has 2 aromatic carbocycles. The van der Waals surface area contributed by atoms with E-state index in [0.717, 1.165) is 16.5 Å². The van der Waals surface area contributed by atoms with Gasteiger partial charge >= 0.3 is 0 Å². The van der Waals surface area contributed by atoms with Crippen molar-refractivity contribution in [2.24, 2.45) is 0 Å². The third kappa shape index (κ3) is 2.34. The van der Waals surface area contributed by atoms with Crippen molar-refractivity contribution in [2.45, 2.75) is 19.2 Å². The zero-order chi connectivity index (χ0) is 13.1. The number of carbonyl (C=O) groups excluding carboxylic acids is 1. The maximum atomic E-state index is 12.1. The summed E-state index contributed by atoms with van der Waals surface area (Å²) >= 11 is 5.91. The highest BCUT2D eigenvalue weighted by Gasteiger charge is 2.19. The van der Waals surface area contributed by atoms with E-state index in [2.05, 4.69) is 0 Å². The Morgan fingerprint density at radius 2 is 1.89 bits per heavy atom. The summed E-state index contributed by atoms with van der Waals surface area (Å²) in [5, 5.41) is 1.69. The van der Waals surface area contributed by atoms with Crippen LogP contribution in [-0.2, 0) is 4.79 Å². The van der Waals surface area contributed by atoms with E-state index in [1.54, 1.807) is 11.8 Å². The predicted octanol–water partition coefficient (Wildman–Crippen LogP) is 3.82. The number of fused-ring (bicyclic) bond motifs is 1. The molecule has 0 aliphatic carbocycles. The maximum Gasteiger partial charge on any atom is 0.244 e. The Morgan fingerprint density at radius 3 is 2.56 bits per heavy atom. The summed E-state index contributed by atoms with van der Waals surface area (Å²) in [6.45, 7) is 4.28. The van der Waals surface area contributed by atoms with Crippen molar-refractivity contribution in [3.63, 3.8) is 0 Å². The van der Waals surface area contributed by atoms with Crippen LogP contribution in [0.3, 0.4) is 0 Å². The van der Waals surface area contributed by atoms with Crippen LogP contribution in [0.4, 0.5) is 5.69 Å². The number of amides is 1. The van der Waals surface area contributed by atoms with Gasteiger partial charge in [-0.2, -0.15) is 0 Å². The summed E-state index contributed by atoms with van der Waals surface area (Å²) in [5.74, 6) is -0.0597. The Hall–Kier alpha value is -1.54. The standard InChI is InChI=1S/C15H16ClNO/c1-3-17(15(18)11(2)16)14-10-6-8-12-7-4-5-9-13(12)14/h4-11H,3H2,1-2H3. The van der Waals surface area contributed by atoms with Gasteiger partial charge in [0.25, 0.3) is 0 Å². The van der Waals surface area contributed by atoms with Crippen LogP contribution in [0.5, 0.6) is 0 Å². The van der Waals surface area contributed by atoms with E-state index >= 15 is 0 Å². The number of benzene rings is 2. The van der Waals surface area contributed by atoms with Crippen LogP contribution in [0, 0.1) is 0 Å². The molecule has 94 valence electrons. The Balaban J connectivity index is 2.55. The molecule has 2 aromatic rings. The maximum absolute atomic E-state index is 12.1. The minimum atomic E-state index is -0.510. The number of anilines is 1. The van der Waals surface area contributed by atoms with Crippen molar-refractivity contribution in [1.82, 2.24) is 0 Å². The molecule has 2 nitrogen and oxygen atoms in total. The first kappa shape index (κ1) is 12.9. The van der Waals surface area contributed by atoms with E-state index in [1.807, 2.05) is 49.4 Å². The van der Waals surface area contributed by atoms with Crippen LogP contribution in [0.25, 0.3) is 10.8 Å². The van der Waals surface area contributed by atoms with E-state index in [0.29, 0.717) is 6.54 Å². The predicted molar refractivity (Wildman–Crippen MR) is 77.3 cm³/mol. The summed E-state index contributed by atoms with van der Waals surface area (Å²) in [7, 11) is 0. The first-order valence-corrected chi connectivity index (χ1v) is 6.52. The highest BCUT2D eigenvalue weighted by molar-refractivity contribution is 6.32. The zero-order valence-electron chi connectivity index (χ0n) is 10.6. The molecule has 0 radical (unpaired) electrons. The molecule has 0 bridgehead atoms. The van der Waals surface area contributed by atoms with Crippen molar-refractivity contribution < 1.29 is 4.79 Å². The number of nitrogens with zero attached hydrogens (tertiary/aromatic N) is 1. The summed E-state index contributed by atoms with van der Waals surface area (Å²) < 4.78 is 0. The first-order valence-electron chi connectivity index (χ1n) is 6.08. The van der Waals surface area contributed by atoms with Gasteiger partial charge in [0.1, 0.15) is 5.38 Å². The smallest absolute Gasteiger partial charge is 0.244 e. The summed E-state index contributed by atoms with van der Waals surface area (Å²) in [6.07, 6.45) is 0. The fourth-order valence-electron chi connectivity index (χ4n) is 2.10. The molecule has 0 saturated heterocycles. The molecule has 0 heterocycles. The second kappa shape index (κ2) is 5.40. The van der Waals surface area contributed by atoms with Gasteiger partial charge in [-0.3, -0.25) is 4.79 Å². The molecule has 2 rings (SSSR count). The van der Waals surface area contributed by atoms with E-state index < -0.39 is 5.38 Å². The lowest BCUT2D eigenvalue weighted by molar-refractivity contribution is -0.117. The molecule has 0 N–H and O–H groups in total. The van der Waals surface area contributed by atoms with Gasteiger partial charge in [-0.25, -0.2) is 0 Å². The van der Waals surface area contributed by atoms with Crippen molar-refractivity contribution in [3.05, 3.63) is 42.5 Å². The van der Waals surface area contributed by atoms with Gasteiger partial charge in [0.05, 0.1) is 5.69 Å². The second-order valence-corrected chi connectivity index (χ2v) is 4.85. The van der Waals surface area contributed by atoms with Gasteiger partial charge in [-0.15, -0.1) is 11.6 Å². The summed E-state index contributed by atoms with van der Waals surface area (Å²) in [4.78, 5) is 13.8. The van der Waals surface area contributed by atoms with E-state index in [1.165, 1.54) is 0 Å². The molecule has 0 spiro atoms. The van der Waals surface area contributed by atoms with Crippen LogP contribution in [-0.4, -0.2) is 17.8 Å². The van der Waals surface area contributed by atoms with E-state index in [4.69, 9.17) is 11.6 Å². The van der Waals surface area contributed by atoms with Crippen molar-refractivity contribution >= 4 is 34.0 Å². The van der Waals surface area contributed by atoms with Crippen LogP contribution in [0.15, 0.2) is 42.5 Å². The number of alkyl halides is 1. The highest BCUT2D eigenvalue weighted by atomic mass is 35.5. The molecule has 0 aliphatic rings. The lowest BCUT2D eigenvalue weighted by atomic mass is 10.1. The van der Waals surface area contributed by atoms with E-state index in [-0.39, 0.29) is 5.91 Å². The van der Waals surface area contributed by atoms with E-state index in [9.17, 15) is 4.79 Å². The fraction of sp³-hybridized carbons (Fsp3) is 0.267. The van der Waals surface area contributed by atoms with Gasteiger partial charge < -0.3 is 4.90 Å². The van der Waals surface area contributed by atoms with Crippen molar-refractivity contribution in [2.75, 3.05) is 11.4 Å². The summed E-state index contributed by atoms with van der Waals surface area (Å²) in [6, 6.07) is 14.0. The average Bonchev–Trinajstić information content (AvgIpc) is 2.39. The minimum Gasteiger partial charge on any atom is -0.311 e. The molecule has 3 heteroatoms. The van der Waals surface area contributed by atoms with Gasteiger partial charge in [-0.05, 0) is 25.3 Å². The number of rotatable bonds is 3. The molecule has 1 amide bonds. The average molecular weight is 262 g/mol. The molecule has 18 heavy (non-hydrogen) atoms. The minimum absolute atomic E-state index is 0.0597. The Labute approximate surface area is 112 Å². The van der Waals surface area contributed by atoms with Crippen LogP contribution in [0.1, 0.15) is 13.8 Å². The van der Waals surface area contributed by atoms with Gasteiger partial charge in [0.15, 0.2) is 0 Å². The molecule has 1 atom stereocenters. The number of hydrogen-bond donors (Lipinski definition) is 0. The molecular formula is C15H16ClNO. The van der Waals surface area contributed by atoms with Crippen LogP contribution >= 0.6 is 11.6 Å². The normalized spacial score (nSPS) is 12.4. The highest BCUT2D eigenvalue weighted by Crippen LogP contribution is 2.27.